The van der Waals surface area contributed by atoms with Crippen molar-refractivity contribution in [3.8, 4) is 12.1 Å². The van der Waals surface area contributed by atoms with Crippen LogP contribution in [0.15, 0.2) is 0 Å². The topological polar surface area (TPSA) is 47.6 Å². The maximum atomic E-state index is 8.79. The Morgan fingerprint density at radius 3 is 2.00 bits per heavy atom. The van der Waals surface area contributed by atoms with E-state index in [-0.39, 0.29) is 10.2 Å². The lowest BCUT2D eigenvalue weighted by molar-refractivity contribution is 0.357. The molecule has 0 aromatic heterocycles. The van der Waals surface area contributed by atoms with Crippen LogP contribution in [0.3, 0.4) is 0 Å². The van der Waals surface area contributed by atoms with Gasteiger partial charge in [0.1, 0.15) is 5.92 Å². The molecule has 0 fully saturated rings. The second-order valence-electron chi connectivity index (χ2n) is 3.70. The minimum Gasteiger partial charge on any atom is -0.197 e. The fourth-order valence-electron chi connectivity index (χ4n) is 1.43. The molecule has 0 aromatic carbocycles. The molecule has 0 saturated heterocycles. The first kappa shape index (κ1) is 12.5. The summed E-state index contributed by atoms with van der Waals surface area (Å²) in [5.74, 6) is -0.401. The fraction of sp³-hybridized carbons (Fsp3) is 0.800. The normalized spacial score (nSPS) is 13.5. The molecular formula is C10H15BrN2. The summed E-state index contributed by atoms with van der Waals surface area (Å²) in [6, 6.07) is 4.10. The molecule has 0 N–H and O–H groups in total. The van der Waals surface area contributed by atoms with Crippen LogP contribution in [0.5, 0.6) is 0 Å². The summed E-state index contributed by atoms with van der Waals surface area (Å²) in [4.78, 5) is 0. The Balaban J connectivity index is 4.63. The van der Waals surface area contributed by atoms with E-state index in [0.717, 1.165) is 12.8 Å². The lowest BCUT2D eigenvalue weighted by atomic mass is 9.81. The van der Waals surface area contributed by atoms with E-state index in [1.807, 2.05) is 13.8 Å². The minimum absolute atomic E-state index is 0.104. The molecule has 72 valence electrons. The molecular weight excluding hydrogens is 228 g/mol. The van der Waals surface area contributed by atoms with Gasteiger partial charge < -0.3 is 0 Å². The minimum atomic E-state index is -0.505. The van der Waals surface area contributed by atoms with E-state index in [1.54, 1.807) is 0 Å². The van der Waals surface area contributed by atoms with Gasteiger partial charge in [-0.15, -0.1) is 0 Å². The highest BCUT2D eigenvalue weighted by Gasteiger charge is 2.33. The van der Waals surface area contributed by atoms with Gasteiger partial charge in [0.25, 0.3) is 0 Å². The summed E-state index contributed by atoms with van der Waals surface area (Å²) in [5, 5.41) is 17.6. The highest BCUT2D eigenvalue weighted by atomic mass is 79.9. The van der Waals surface area contributed by atoms with Gasteiger partial charge in [-0.3, -0.25) is 0 Å². The van der Waals surface area contributed by atoms with E-state index in [4.69, 9.17) is 10.5 Å². The second-order valence-corrected chi connectivity index (χ2v) is 5.74. The molecule has 0 aliphatic heterocycles. The monoisotopic (exact) mass is 242 g/mol. The van der Waals surface area contributed by atoms with E-state index in [2.05, 4.69) is 35.0 Å². The maximum Gasteiger partial charge on any atom is 0.137 e. The number of hydrogen-bond donors (Lipinski definition) is 0. The van der Waals surface area contributed by atoms with Gasteiger partial charge in [-0.1, -0.05) is 29.3 Å². The molecule has 2 nitrogen and oxygen atoms in total. The molecule has 0 saturated carbocycles. The number of rotatable bonds is 4. The van der Waals surface area contributed by atoms with Crippen LogP contribution >= 0.6 is 15.9 Å². The van der Waals surface area contributed by atoms with Gasteiger partial charge in [0.05, 0.1) is 12.1 Å². The Labute approximate surface area is 88.7 Å². The molecule has 0 aliphatic carbocycles. The maximum absolute atomic E-state index is 8.79. The largest absolute Gasteiger partial charge is 0.197 e. The molecule has 3 heteroatoms. The van der Waals surface area contributed by atoms with Crippen LogP contribution in [0.25, 0.3) is 0 Å². The van der Waals surface area contributed by atoms with Crippen molar-refractivity contribution in [3.63, 3.8) is 0 Å². The molecule has 0 spiro atoms. The second kappa shape index (κ2) is 5.25. The van der Waals surface area contributed by atoms with Gasteiger partial charge >= 0.3 is 0 Å². The van der Waals surface area contributed by atoms with E-state index >= 15 is 0 Å². The van der Waals surface area contributed by atoms with Crippen LogP contribution in [-0.2, 0) is 0 Å². The molecule has 0 rings (SSSR count). The number of nitriles is 2. The first-order chi connectivity index (χ1) is 5.97. The number of nitrogens with zero attached hydrogens (tertiary/aromatic N) is 2. The number of alkyl halides is 1. The van der Waals surface area contributed by atoms with Gasteiger partial charge in [-0.05, 0) is 20.3 Å². The van der Waals surface area contributed by atoms with Crippen molar-refractivity contribution in [2.75, 3.05) is 0 Å². The van der Waals surface area contributed by atoms with E-state index in [0.29, 0.717) is 0 Å². The Morgan fingerprint density at radius 1 is 1.31 bits per heavy atom. The van der Waals surface area contributed by atoms with Crippen molar-refractivity contribution in [1.29, 1.82) is 10.5 Å². The zero-order valence-corrected chi connectivity index (χ0v) is 9.93. The van der Waals surface area contributed by atoms with Gasteiger partial charge in [-0.2, -0.15) is 10.5 Å². The van der Waals surface area contributed by atoms with Crippen molar-refractivity contribution in [1.82, 2.24) is 0 Å². The molecule has 13 heavy (non-hydrogen) atoms. The van der Waals surface area contributed by atoms with Crippen molar-refractivity contribution < 1.29 is 0 Å². The fourth-order valence-corrected chi connectivity index (χ4v) is 1.92. The van der Waals surface area contributed by atoms with Crippen molar-refractivity contribution in [2.45, 2.75) is 37.9 Å². The first-order valence-corrected chi connectivity index (χ1v) is 5.24. The smallest absolute Gasteiger partial charge is 0.137 e. The van der Waals surface area contributed by atoms with Crippen molar-refractivity contribution >= 4 is 15.9 Å². The molecule has 1 atom stereocenters. The average molecular weight is 243 g/mol. The zero-order chi connectivity index (χ0) is 10.5. The zero-order valence-electron chi connectivity index (χ0n) is 8.34. The lowest BCUT2D eigenvalue weighted by Gasteiger charge is -2.29. The summed E-state index contributed by atoms with van der Waals surface area (Å²) in [6.45, 7) is 6.08. The van der Waals surface area contributed by atoms with E-state index in [1.165, 1.54) is 0 Å². The third-order valence-corrected chi connectivity index (χ3v) is 2.75. The third-order valence-electron chi connectivity index (χ3n) is 2.16. The SMILES string of the molecule is CCCC(C(C#N)C#N)C(C)(C)Br. The van der Waals surface area contributed by atoms with Crippen LogP contribution in [0.4, 0.5) is 0 Å². The Hall–Kier alpha value is -0.540. The molecule has 0 aliphatic rings. The first-order valence-electron chi connectivity index (χ1n) is 4.45. The third kappa shape index (κ3) is 3.79. The lowest BCUT2D eigenvalue weighted by Crippen LogP contribution is -2.29. The standard InChI is InChI=1S/C10H15BrN2/c1-4-5-9(10(2,3)11)8(6-12)7-13/h8-9H,4-5H2,1-3H3. The molecule has 0 heterocycles. The molecule has 0 bridgehead atoms. The molecule has 0 radical (unpaired) electrons. The van der Waals surface area contributed by atoms with Crippen LogP contribution in [0.2, 0.25) is 0 Å². The van der Waals surface area contributed by atoms with Gasteiger partial charge in [0.2, 0.25) is 0 Å². The summed E-state index contributed by atoms with van der Waals surface area (Å²) in [5.41, 5.74) is 0. The van der Waals surface area contributed by atoms with Gasteiger partial charge in [-0.25, -0.2) is 0 Å². The average Bonchev–Trinajstić information content (AvgIpc) is 2.03. The van der Waals surface area contributed by atoms with Gasteiger partial charge in [0.15, 0.2) is 0 Å². The van der Waals surface area contributed by atoms with Crippen molar-refractivity contribution in [2.24, 2.45) is 11.8 Å². The van der Waals surface area contributed by atoms with Gasteiger partial charge in [0, 0.05) is 10.2 Å². The van der Waals surface area contributed by atoms with Crippen LogP contribution in [0, 0.1) is 34.5 Å². The van der Waals surface area contributed by atoms with Crippen LogP contribution in [-0.4, -0.2) is 4.32 Å². The summed E-state index contributed by atoms with van der Waals surface area (Å²) >= 11 is 3.53. The van der Waals surface area contributed by atoms with Crippen LogP contribution < -0.4 is 0 Å². The highest BCUT2D eigenvalue weighted by molar-refractivity contribution is 9.10. The van der Waals surface area contributed by atoms with E-state index < -0.39 is 5.92 Å². The Kier molecular flexibility index (Phi) is 5.03. The highest BCUT2D eigenvalue weighted by Crippen LogP contribution is 2.35. The predicted molar refractivity (Wildman–Crippen MR) is 56.1 cm³/mol. The summed E-state index contributed by atoms with van der Waals surface area (Å²) in [7, 11) is 0. The molecule has 1 unspecified atom stereocenters. The summed E-state index contributed by atoms with van der Waals surface area (Å²) < 4.78 is -0.140. The number of halogens is 1. The van der Waals surface area contributed by atoms with Crippen LogP contribution in [0.1, 0.15) is 33.6 Å². The van der Waals surface area contributed by atoms with E-state index in [9.17, 15) is 0 Å². The Bertz CT molecular complexity index is 215. The Morgan fingerprint density at radius 2 is 1.77 bits per heavy atom. The predicted octanol–water partition coefficient (Wildman–Crippen LogP) is 3.24. The summed E-state index contributed by atoms with van der Waals surface area (Å²) in [6.07, 6.45) is 1.91. The number of hydrogen-bond acceptors (Lipinski definition) is 2. The molecule has 0 amide bonds. The molecule has 0 aromatic rings. The van der Waals surface area contributed by atoms with Crippen molar-refractivity contribution in [3.05, 3.63) is 0 Å². The quantitative estimate of drug-likeness (QED) is 0.711.